The molecular weight excluding hydrogens is 542 g/mol. The van der Waals surface area contributed by atoms with E-state index in [0.29, 0.717) is 55.4 Å². The maximum Gasteiger partial charge on any atom is 0.336 e. The zero-order chi connectivity index (χ0) is 30.6. The minimum Gasteiger partial charge on any atom is -0.466 e. The molecule has 1 aromatic heterocycles. The second-order valence-corrected chi connectivity index (χ2v) is 10.7. The van der Waals surface area contributed by atoms with E-state index in [4.69, 9.17) is 10.5 Å². The first kappa shape index (κ1) is 30.3. The number of carbonyl (C=O) groups is 3. The van der Waals surface area contributed by atoms with Crippen molar-refractivity contribution < 1.29 is 24.0 Å². The highest BCUT2D eigenvalue weighted by atomic mass is 16.6. The van der Waals surface area contributed by atoms with Crippen molar-refractivity contribution >= 4 is 29.8 Å². The fourth-order valence-corrected chi connectivity index (χ4v) is 5.49. The van der Waals surface area contributed by atoms with Gasteiger partial charge in [-0.2, -0.15) is 0 Å². The number of hydrogen-bond donors (Lipinski definition) is 1. The van der Waals surface area contributed by atoms with Crippen molar-refractivity contribution in [3.63, 3.8) is 0 Å². The number of benzene rings is 1. The fourth-order valence-electron chi connectivity index (χ4n) is 5.49. The van der Waals surface area contributed by atoms with Crippen LogP contribution in [-0.2, 0) is 19.1 Å². The Morgan fingerprint density at radius 3 is 2.45 bits per heavy atom. The second kappa shape index (κ2) is 12.5. The monoisotopic (exact) mass is 577 g/mol. The van der Waals surface area contributed by atoms with Gasteiger partial charge in [0.2, 0.25) is 11.9 Å². The SMILES string of the molecule is COC(=O)C1=C(C)N(C(N)C(C)(C=O)CC(=O)N2CCN(c3ncccn3)CC2)C(C)=CC1c1cccc([N+](=O)[O-])c1. The Balaban J connectivity index is 1.57. The van der Waals surface area contributed by atoms with Crippen LogP contribution >= 0.6 is 0 Å². The Morgan fingerprint density at radius 1 is 1.19 bits per heavy atom. The van der Waals surface area contributed by atoms with Crippen LogP contribution < -0.4 is 10.6 Å². The summed E-state index contributed by atoms with van der Waals surface area (Å²) < 4.78 is 5.08. The zero-order valence-corrected chi connectivity index (χ0v) is 24.1. The molecule has 2 aliphatic rings. The minimum absolute atomic E-state index is 0.108. The fraction of sp³-hybridized carbons (Fsp3) is 0.414. The van der Waals surface area contributed by atoms with Crippen molar-refractivity contribution in [1.29, 1.82) is 0 Å². The molecule has 1 aromatic carbocycles. The highest BCUT2D eigenvalue weighted by molar-refractivity contribution is 5.92. The van der Waals surface area contributed by atoms with E-state index in [0.717, 1.165) is 0 Å². The van der Waals surface area contributed by atoms with Gasteiger partial charge in [0.15, 0.2) is 0 Å². The smallest absolute Gasteiger partial charge is 0.336 e. The lowest BCUT2D eigenvalue weighted by Gasteiger charge is -2.44. The number of nitro groups is 1. The number of methoxy groups -OCH3 is 1. The summed E-state index contributed by atoms with van der Waals surface area (Å²) in [5.41, 5.74) is 7.13. The number of amides is 1. The molecule has 0 spiro atoms. The van der Waals surface area contributed by atoms with E-state index in [2.05, 4.69) is 9.97 Å². The zero-order valence-electron chi connectivity index (χ0n) is 24.1. The quantitative estimate of drug-likeness (QED) is 0.201. The number of esters is 1. The molecule has 13 heteroatoms. The van der Waals surface area contributed by atoms with Gasteiger partial charge in [-0.05, 0) is 32.4 Å². The summed E-state index contributed by atoms with van der Waals surface area (Å²) in [5, 5.41) is 11.4. The van der Waals surface area contributed by atoms with Crippen LogP contribution in [0.25, 0.3) is 0 Å². The molecule has 0 saturated carbocycles. The van der Waals surface area contributed by atoms with Crippen molar-refractivity contribution in [2.45, 2.75) is 39.3 Å². The summed E-state index contributed by atoms with van der Waals surface area (Å²) in [6.07, 6.45) is 4.65. The van der Waals surface area contributed by atoms with Crippen LogP contribution in [0.4, 0.5) is 11.6 Å². The number of anilines is 1. The van der Waals surface area contributed by atoms with Crippen molar-refractivity contribution in [1.82, 2.24) is 19.8 Å². The molecule has 42 heavy (non-hydrogen) atoms. The first-order valence-electron chi connectivity index (χ1n) is 13.5. The predicted octanol–water partition coefficient (Wildman–Crippen LogP) is 2.36. The number of non-ortho nitro benzene ring substituents is 1. The summed E-state index contributed by atoms with van der Waals surface area (Å²) in [6.45, 7) is 7.08. The Labute approximate surface area is 243 Å². The van der Waals surface area contributed by atoms with Gasteiger partial charge in [-0.25, -0.2) is 14.8 Å². The topological polar surface area (TPSA) is 165 Å². The van der Waals surface area contributed by atoms with E-state index in [1.54, 1.807) is 67.2 Å². The molecule has 3 unspecified atom stereocenters. The van der Waals surface area contributed by atoms with E-state index < -0.39 is 28.4 Å². The van der Waals surface area contributed by atoms with Gasteiger partial charge in [0, 0.05) is 74.4 Å². The lowest BCUT2D eigenvalue weighted by Crippen LogP contribution is -2.56. The number of allylic oxidation sites excluding steroid dienone is 3. The van der Waals surface area contributed by atoms with Gasteiger partial charge < -0.3 is 30.0 Å². The Hall–Kier alpha value is -4.65. The molecule has 3 heterocycles. The Morgan fingerprint density at radius 2 is 1.86 bits per heavy atom. The summed E-state index contributed by atoms with van der Waals surface area (Å²) in [5.74, 6) is -0.885. The molecule has 1 fully saturated rings. The normalized spacial score (nSPS) is 19.5. The number of rotatable bonds is 9. The second-order valence-electron chi connectivity index (χ2n) is 10.7. The number of nitrogens with zero attached hydrogens (tertiary/aromatic N) is 6. The van der Waals surface area contributed by atoms with Crippen LogP contribution in [0.3, 0.4) is 0 Å². The molecule has 0 bridgehead atoms. The van der Waals surface area contributed by atoms with E-state index in [1.807, 2.05) is 4.90 Å². The summed E-state index contributed by atoms with van der Waals surface area (Å²) in [6, 6.07) is 7.79. The van der Waals surface area contributed by atoms with Crippen molar-refractivity contribution in [2.75, 3.05) is 38.2 Å². The highest BCUT2D eigenvalue weighted by Gasteiger charge is 2.43. The van der Waals surface area contributed by atoms with Crippen LogP contribution in [0.15, 0.2) is 65.8 Å². The third-order valence-electron chi connectivity index (χ3n) is 7.92. The number of nitrogens with two attached hydrogens (primary N) is 1. The molecule has 3 atom stereocenters. The van der Waals surface area contributed by atoms with Gasteiger partial charge >= 0.3 is 5.97 Å². The van der Waals surface area contributed by atoms with Crippen LogP contribution in [0, 0.1) is 15.5 Å². The molecule has 0 aliphatic carbocycles. The largest absolute Gasteiger partial charge is 0.466 e. The van der Waals surface area contributed by atoms with Crippen molar-refractivity contribution in [3.8, 4) is 0 Å². The van der Waals surface area contributed by atoms with E-state index in [9.17, 15) is 24.5 Å². The van der Waals surface area contributed by atoms with Crippen LogP contribution in [-0.4, -0.2) is 82.3 Å². The predicted molar refractivity (Wildman–Crippen MR) is 154 cm³/mol. The van der Waals surface area contributed by atoms with E-state index in [1.165, 1.54) is 19.2 Å². The number of carbonyl (C=O) groups excluding carboxylic acids is 3. The number of hydrogen-bond acceptors (Lipinski definition) is 11. The molecule has 2 aliphatic heterocycles. The van der Waals surface area contributed by atoms with Gasteiger partial charge in [-0.15, -0.1) is 0 Å². The third-order valence-corrected chi connectivity index (χ3v) is 7.92. The van der Waals surface area contributed by atoms with Gasteiger partial charge in [0.05, 0.1) is 29.2 Å². The first-order valence-corrected chi connectivity index (χ1v) is 13.5. The lowest BCUT2D eigenvalue weighted by atomic mass is 9.80. The molecule has 1 amide bonds. The number of aldehydes is 1. The van der Waals surface area contributed by atoms with Crippen LogP contribution in [0.5, 0.6) is 0 Å². The van der Waals surface area contributed by atoms with Crippen molar-refractivity contribution in [2.24, 2.45) is 11.1 Å². The summed E-state index contributed by atoms with van der Waals surface area (Å²) in [7, 11) is 1.25. The average molecular weight is 578 g/mol. The maximum absolute atomic E-state index is 13.4. The minimum atomic E-state index is -1.31. The van der Waals surface area contributed by atoms with Crippen LogP contribution in [0.1, 0.15) is 38.7 Å². The third kappa shape index (κ3) is 6.00. The Kier molecular flexibility index (Phi) is 9.00. The van der Waals surface area contributed by atoms with Crippen LogP contribution in [0.2, 0.25) is 0 Å². The number of nitro benzene ring substituents is 1. The van der Waals surface area contributed by atoms with Gasteiger partial charge in [-0.1, -0.05) is 18.2 Å². The average Bonchev–Trinajstić information content (AvgIpc) is 3.00. The molecule has 222 valence electrons. The summed E-state index contributed by atoms with van der Waals surface area (Å²) >= 11 is 0. The molecular formula is C29H35N7O6. The lowest BCUT2D eigenvalue weighted by molar-refractivity contribution is -0.384. The van der Waals surface area contributed by atoms with Gasteiger partial charge in [0.1, 0.15) is 6.29 Å². The van der Waals surface area contributed by atoms with Gasteiger partial charge in [0.25, 0.3) is 5.69 Å². The molecule has 4 rings (SSSR count). The maximum atomic E-state index is 13.4. The number of ether oxygens (including phenoxy) is 1. The summed E-state index contributed by atoms with van der Waals surface area (Å²) in [4.78, 5) is 63.8. The van der Waals surface area contributed by atoms with Gasteiger partial charge in [-0.3, -0.25) is 14.9 Å². The number of aromatic nitrogens is 2. The highest BCUT2D eigenvalue weighted by Crippen LogP contribution is 2.41. The molecule has 13 nitrogen and oxygen atoms in total. The first-order chi connectivity index (χ1) is 20.0. The molecule has 0 radical (unpaired) electrons. The Bertz CT molecular complexity index is 1420. The van der Waals surface area contributed by atoms with Crippen molar-refractivity contribution in [3.05, 3.63) is 81.4 Å². The number of piperazine rings is 1. The van der Waals surface area contributed by atoms with E-state index in [-0.39, 0.29) is 23.6 Å². The molecule has 1 saturated heterocycles. The molecule has 2 N–H and O–H groups in total. The molecule has 2 aromatic rings. The standard InChI is InChI=1S/C29H35N7O6/c1-19-15-23(21-7-5-8-22(16-21)36(40)41)25(26(39)42-4)20(2)35(19)27(30)29(3,18-37)17-24(38)33-11-13-34(14-12-33)28-31-9-6-10-32-28/h5-10,15-16,18,23,27H,11-14,17,30H2,1-4H3. The van der Waals surface area contributed by atoms with E-state index >= 15 is 0 Å².